The fourth-order valence-corrected chi connectivity index (χ4v) is 2.84. The first-order chi connectivity index (χ1) is 12.4. The number of likely N-dealkylation sites (tertiary alicyclic amines) is 1. The molecule has 0 bridgehead atoms. The lowest BCUT2D eigenvalue weighted by atomic mass is 10.1. The first-order valence-electron chi connectivity index (χ1n) is 8.79. The molecule has 4 N–H and O–H groups in total. The van der Waals surface area contributed by atoms with Crippen LogP contribution in [-0.2, 0) is 4.79 Å². The van der Waals surface area contributed by atoms with E-state index in [0.29, 0.717) is 25.3 Å². The summed E-state index contributed by atoms with van der Waals surface area (Å²) in [5.41, 5.74) is 6.92. The maximum atomic E-state index is 12.5. The van der Waals surface area contributed by atoms with Gasteiger partial charge in [-0.2, -0.15) is 0 Å². The minimum Gasteiger partial charge on any atom is -0.451 e. The van der Waals surface area contributed by atoms with Crippen LogP contribution in [0.15, 0.2) is 47.1 Å². The Hall–Kier alpha value is -2.38. The zero-order valence-electron chi connectivity index (χ0n) is 15.6. The molecule has 7 heteroatoms. The minimum atomic E-state index is -1.13. The fraction of sp³-hybridized carbons (Fsp3) is 0.474. The number of carbonyl (C=O) groups is 1. The zero-order chi connectivity index (χ0) is 19.1. The van der Waals surface area contributed by atoms with Crippen molar-refractivity contribution in [1.82, 2.24) is 10.2 Å². The van der Waals surface area contributed by atoms with Gasteiger partial charge in [-0.1, -0.05) is 32.0 Å². The summed E-state index contributed by atoms with van der Waals surface area (Å²) in [6.07, 6.45) is 1.22. The molecule has 2 unspecified atom stereocenters. The molecular weight excluding hydrogens is 332 g/mol. The Bertz CT molecular complexity index is 658. The van der Waals surface area contributed by atoms with E-state index in [-0.39, 0.29) is 23.6 Å². The number of aliphatic hydroxyl groups is 1. The lowest BCUT2D eigenvalue weighted by molar-refractivity contribution is -0.126. The van der Waals surface area contributed by atoms with E-state index in [2.05, 4.69) is 10.3 Å². The maximum absolute atomic E-state index is 12.5. The number of aliphatic hydroxyl groups excluding tert-OH is 1. The average Bonchev–Trinajstić information content (AvgIpc) is 3.07. The molecule has 1 saturated heterocycles. The molecule has 1 aliphatic rings. The SMILES string of the molecule is CN=C(/C=C(\N)C(=O)N1CCC(NC(O)Oc2ccccc2)C1)C(C)C. The highest BCUT2D eigenvalue weighted by Crippen LogP contribution is 2.14. The van der Waals surface area contributed by atoms with Gasteiger partial charge in [0, 0.05) is 31.9 Å². The molecule has 0 saturated carbocycles. The highest BCUT2D eigenvalue weighted by molar-refractivity contribution is 6.04. The Morgan fingerprint density at radius 3 is 2.73 bits per heavy atom. The molecule has 1 aromatic carbocycles. The number of para-hydroxylation sites is 1. The van der Waals surface area contributed by atoms with Crippen LogP contribution in [0.25, 0.3) is 0 Å². The number of rotatable bonds is 7. The summed E-state index contributed by atoms with van der Waals surface area (Å²) < 4.78 is 5.40. The summed E-state index contributed by atoms with van der Waals surface area (Å²) in [7, 11) is 1.69. The van der Waals surface area contributed by atoms with E-state index in [4.69, 9.17) is 10.5 Å². The van der Waals surface area contributed by atoms with Crippen LogP contribution in [0.5, 0.6) is 5.75 Å². The predicted octanol–water partition coefficient (Wildman–Crippen LogP) is 1.10. The van der Waals surface area contributed by atoms with Crippen LogP contribution in [-0.4, -0.2) is 54.2 Å². The van der Waals surface area contributed by atoms with Gasteiger partial charge in [-0.25, -0.2) is 0 Å². The van der Waals surface area contributed by atoms with E-state index in [9.17, 15) is 9.90 Å². The molecule has 142 valence electrons. The third-order valence-electron chi connectivity index (χ3n) is 4.24. The monoisotopic (exact) mass is 360 g/mol. The Balaban J connectivity index is 1.87. The van der Waals surface area contributed by atoms with Gasteiger partial charge in [0.15, 0.2) is 0 Å². The average molecular weight is 360 g/mol. The van der Waals surface area contributed by atoms with Crippen molar-refractivity contribution in [1.29, 1.82) is 0 Å². The molecule has 1 amide bonds. The first-order valence-corrected chi connectivity index (χ1v) is 8.79. The molecule has 1 heterocycles. The molecule has 1 aliphatic heterocycles. The van der Waals surface area contributed by atoms with E-state index in [0.717, 1.165) is 5.71 Å². The third kappa shape index (κ3) is 5.57. The van der Waals surface area contributed by atoms with E-state index in [1.165, 1.54) is 0 Å². The predicted molar refractivity (Wildman–Crippen MR) is 102 cm³/mol. The van der Waals surface area contributed by atoms with Gasteiger partial charge in [0.05, 0.1) is 5.70 Å². The number of amides is 1. The number of nitrogens with one attached hydrogen (secondary N) is 1. The summed E-state index contributed by atoms with van der Waals surface area (Å²) in [6.45, 7) is 5.03. The smallest absolute Gasteiger partial charge is 0.269 e. The minimum absolute atomic E-state index is 0.0603. The quantitative estimate of drug-likeness (QED) is 0.384. The molecule has 1 fully saturated rings. The number of ether oxygens (including phenoxy) is 1. The number of aliphatic imine (C=N–C) groups is 1. The van der Waals surface area contributed by atoms with Crippen molar-refractivity contribution in [2.75, 3.05) is 20.1 Å². The first kappa shape index (κ1) is 19.9. The number of nitrogens with zero attached hydrogens (tertiary/aromatic N) is 2. The van der Waals surface area contributed by atoms with Crippen LogP contribution < -0.4 is 15.8 Å². The number of benzene rings is 1. The van der Waals surface area contributed by atoms with Crippen molar-refractivity contribution in [3.8, 4) is 5.75 Å². The van der Waals surface area contributed by atoms with Gasteiger partial charge >= 0.3 is 0 Å². The third-order valence-corrected chi connectivity index (χ3v) is 4.24. The molecule has 0 aliphatic carbocycles. The molecule has 2 atom stereocenters. The zero-order valence-corrected chi connectivity index (χ0v) is 15.6. The fourth-order valence-electron chi connectivity index (χ4n) is 2.84. The van der Waals surface area contributed by atoms with Crippen LogP contribution in [0.3, 0.4) is 0 Å². The topological polar surface area (TPSA) is 100 Å². The number of carbonyl (C=O) groups excluding carboxylic acids is 1. The number of hydrogen-bond acceptors (Lipinski definition) is 6. The van der Waals surface area contributed by atoms with Gasteiger partial charge in [-0.15, -0.1) is 0 Å². The highest BCUT2D eigenvalue weighted by atomic mass is 16.6. The Labute approximate surface area is 154 Å². The van der Waals surface area contributed by atoms with Crippen molar-refractivity contribution in [3.63, 3.8) is 0 Å². The molecule has 26 heavy (non-hydrogen) atoms. The van der Waals surface area contributed by atoms with E-state index in [1.807, 2.05) is 32.0 Å². The highest BCUT2D eigenvalue weighted by Gasteiger charge is 2.29. The van der Waals surface area contributed by atoms with Crippen LogP contribution in [0, 0.1) is 5.92 Å². The Morgan fingerprint density at radius 2 is 2.12 bits per heavy atom. The maximum Gasteiger partial charge on any atom is 0.269 e. The normalized spacial score (nSPS) is 19.7. The van der Waals surface area contributed by atoms with Crippen molar-refractivity contribution in [2.24, 2.45) is 16.6 Å². The van der Waals surface area contributed by atoms with Crippen molar-refractivity contribution >= 4 is 11.6 Å². The van der Waals surface area contributed by atoms with E-state index in [1.54, 1.807) is 30.2 Å². The molecule has 0 spiro atoms. The number of allylic oxidation sites excluding steroid dienone is 1. The van der Waals surface area contributed by atoms with E-state index < -0.39 is 6.41 Å². The molecule has 2 rings (SSSR count). The summed E-state index contributed by atoms with van der Waals surface area (Å²) in [4.78, 5) is 18.3. The summed E-state index contributed by atoms with van der Waals surface area (Å²) >= 11 is 0. The van der Waals surface area contributed by atoms with Crippen molar-refractivity contribution in [2.45, 2.75) is 32.7 Å². The van der Waals surface area contributed by atoms with Gasteiger partial charge < -0.3 is 20.5 Å². The van der Waals surface area contributed by atoms with Gasteiger partial charge in [0.2, 0.25) is 0 Å². The number of hydrogen-bond donors (Lipinski definition) is 3. The van der Waals surface area contributed by atoms with Gasteiger partial charge in [0.1, 0.15) is 5.75 Å². The van der Waals surface area contributed by atoms with Gasteiger partial charge in [-0.05, 0) is 30.5 Å². The Morgan fingerprint density at radius 1 is 1.42 bits per heavy atom. The van der Waals surface area contributed by atoms with Crippen LogP contribution in [0.1, 0.15) is 20.3 Å². The summed E-state index contributed by atoms with van der Waals surface area (Å²) in [5, 5.41) is 13.0. The Kier molecular flexibility index (Phi) is 7.17. The molecular formula is C19H28N4O3. The molecule has 1 aromatic rings. The summed E-state index contributed by atoms with van der Waals surface area (Å²) in [6, 6.07) is 9.01. The molecule has 0 radical (unpaired) electrons. The number of nitrogens with two attached hydrogens (primary N) is 1. The second kappa shape index (κ2) is 9.35. The second-order valence-corrected chi connectivity index (χ2v) is 6.59. The lowest BCUT2D eigenvalue weighted by Gasteiger charge is -2.20. The molecule has 7 nitrogen and oxygen atoms in total. The van der Waals surface area contributed by atoms with E-state index >= 15 is 0 Å². The van der Waals surface area contributed by atoms with Gasteiger partial charge in [0.25, 0.3) is 12.3 Å². The van der Waals surface area contributed by atoms with Crippen molar-refractivity contribution in [3.05, 3.63) is 42.1 Å². The van der Waals surface area contributed by atoms with Crippen LogP contribution >= 0.6 is 0 Å². The lowest BCUT2D eigenvalue weighted by Crippen LogP contribution is -2.44. The largest absolute Gasteiger partial charge is 0.451 e. The second-order valence-electron chi connectivity index (χ2n) is 6.59. The van der Waals surface area contributed by atoms with Crippen LogP contribution in [0.4, 0.5) is 0 Å². The summed E-state index contributed by atoms with van der Waals surface area (Å²) in [5.74, 6) is 0.560. The van der Waals surface area contributed by atoms with Crippen molar-refractivity contribution < 1.29 is 14.6 Å². The van der Waals surface area contributed by atoms with Gasteiger partial charge in [-0.3, -0.25) is 15.1 Å². The van der Waals surface area contributed by atoms with Crippen LogP contribution in [0.2, 0.25) is 0 Å². The standard InChI is InChI=1S/C19H28N4O3/c1-13(2)17(21-3)11-16(20)18(24)23-10-9-14(12-23)22-19(25)26-15-7-5-4-6-8-15/h4-8,11,13-14,19,22,25H,9-10,12,20H2,1-3H3/b16-11-,21-17?. The molecule has 0 aromatic heterocycles.